The Labute approximate surface area is 176 Å². The Kier molecular flexibility index (Phi) is 4.73. The number of carbonyl (C=O) groups is 1. The first-order valence-electron chi connectivity index (χ1n) is 10.3. The maximum Gasteiger partial charge on any atom is 0.243 e. The number of carbonyl (C=O) groups excluding carboxylic acids is 1. The van der Waals surface area contributed by atoms with E-state index in [1.54, 1.807) is 0 Å². The van der Waals surface area contributed by atoms with Gasteiger partial charge in [0.2, 0.25) is 5.91 Å². The van der Waals surface area contributed by atoms with Crippen LogP contribution >= 0.6 is 0 Å². The van der Waals surface area contributed by atoms with Crippen molar-refractivity contribution in [1.29, 1.82) is 0 Å². The zero-order chi connectivity index (χ0) is 20.7. The van der Waals surface area contributed by atoms with Gasteiger partial charge < -0.3 is 5.32 Å². The van der Waals surface area contributed by atoms with Crippen LogP contribution in [0.1, 0.15) is 18.1 Å². The summed E-state index contributed by atoms with van der Waals surface area (Å²) in [6.45, 7) is 3.01. The molecule has 3 aliphatic heterocycles. The summed E-state index contributed by atoms with van der Waals surface area (Å²) in [5.74, 6) is 0.722. The summed E-state index contributed by atoms with van der Waals surface area (Å²) in [6, 6.07) is 20.4. The van der Waals surface area contributed by atoms with E-state index in [2.05, 4.69) is 60.0 Å². The number of fused-ring (bicyclic) bond motifs is 1. The van der Waals surface area contributed by atoms with E-state index >= 15 is 0 Å². The maximum atomic E-state index is 12.9. The molecule has 0 aromatic heterocycles. The molecule has 30 heavy (non-hydrogen) atoms. The molecule has 1 saturated heterocycles. The quantitative estimate of drug-likeness (QED) is 0.829. The fourth-order valence-electron chi connectivity index (χ4n) is 4.05. The van der Waals surface area contributed by atoms with Gasteiger partial charge in [0.25, 0.3) is 0 Å². The zero-order valence-corrected chi connectivity index (χ0v) is 17.1. The molecule has 1 amide bonds. The SMILES string of the molecule is CC1C(NC(=O)C2C=C3N=C(c4ccccc4)C=C(c4ccccc4)N3N2)CN1C. The second-order valence-corrected chi connectivity index (χ2v) is 8.02. The Hall–Kier alpha value is -3.22. The number of amides is 1. The molecule has 3 atom stereocenters. The predicted octanol–water partition coefficient (Wildman–Crippen LogP) is 2.38. The molecule has 3 unspecified atom stereocenters. The van der Waals surface area contributed by atoms with Gasteiger partial charge in [0.1, 0.15) is 11.9 Å². The minimum Gasteiger partial charge on any atom is -0.349 e. The summed E-state index contributed by atoms with van der Waals surface area (Å²) < 4.78 is 0. The van der Waals surface area contributed by atoms with E-state index in [1.807, 2.05) is 47.5 Å². The molecule has 6 heteroatoms. The maximum absolute atomic E-state index is 12.9. The Bertz CT molecular complexity index is 1040. The molecule has 0 radical (unpaired) electrons. The summed E-state index contributed by atoms with van der Waals surface area (Å²) in [5.41, 5.74) is 7.30. The van der Waals surface area contributed by atoms with E-state index < -0.39 is 6.04 Å². The topological polar surface area (TPSA) is 60.0 Å². The lowest BCUT2D eigenvalue weighted by molar-refractivity contribution is -0.125. The van der Waals surface area contributed by atoms with Crippen LogP contribution in [0.5, 0.6) is 0 Å². The van der Waals surface area contributed by atoms with Gasteiger partial charge in [0, 0.05) is 18.2 Å². The van der Waals surface area contributed by atoms with Gasteiger partial charge in [-0.05, 0) is 31.7 Å². The van der Waals surface area contributed by atoms with Crippen LogP contribution in [0.15, 0.2) is 83.6 Å². The number of allylic oxidation sites excluding steroid dienone is 1. The van der Waals surface area contributed by atoms with E-state index in [9.17, 15) is 4.79 Å². The van der Waals surface area contributed by atoms with Gasteiger partial charge in [0.15, 0.2) is 0 Å². The Morgan fingerprint density at radius 2 is 1.73 bits per heavy atom. The summed E-state index contributed by atoms with van der Waals surface area (Å²) >= 11 is 0. The van der Waals surface area contributed by atoms with Crippen LogP contribution in [-0.2, 0) is 4.79 Å². The van der Waals surface area contributed by atoms with E-state index in [0.717, 1.165) is 34.9 Å². The average Bonchev–Trinajstić information content (AvgIpc) is 3.23. The van der Waals surface area contributed by atoms with Crippen LogP contribution in [0.25, 0.3) is 5.70 Å². The van der Waals surface area contributed by atoms with E-state index in [1.165, 1.54) is 0 Å². The molecule has 3 heterocycles. The number of nitrogens with one attached hydrogen (secondary N) is 2. The highest BCUT2D eigenvalue weighted by atomic mass is 16.2. The largest absolute Gasteiger partial charge is 0.349 e. The van der Waals surface area contributed by atoms with Gasteiger partial charge in [0.05, 0.1) is 17.5 Å². The van der Waals surface area contributed by atoms with E-state index in [-0.39, 0.29) is 11.9 Å². The summed E-state index contributed by atoms with van der Waals surface area (Å²) in [4.78, 5) is 20.0. The highest BCUT2D eigenvalue weighted by molar-refractivity contribution is 6.13. The number of hydrogen-bond donors (Lipinski definition) is 2. The number of aliphatic imine (C=N–C) groups is 1. The van der Waals surface area contributed by atoms with Gasteiger partial charge in [-0.2, -0.15) is 0 Å². The molecule has 2 N–H and O–H groups in total. The number of likely N-dealkylation sites (N-methyl/N-ethyl adjacent to an activating group) is 1. The third kappa shape index (κ3) is 3.34. The lowest BCUT2D eigenvalue weighted by Crippen LogP contribution is -2.65. The van der Waals surface area contributed by atoms with Crippen molar-refractivity contribution in [2.75, 3.05) is 13.6 Å². The number of hydrogen-bond acceptors (Lipinski definition) is 5. The monoisotopic (exact) mass is 399 g/mol. The van der Waals surface area contributed by atoms with Crippen molar-refractivity contribution in [3.8, 4) is 0 Å². The minimum absolute atomic E-state index is 0.0225. The molecule has 6 nitrogen and oxygen atoms in total. The lowest BCUT2D eigenvalue weighted by atomic mass is 9.99. The number of hydrazine groups is 1. The molecule has 1 fully saturated rings. The fraction of sp³-hybridized carbons (Fsp3) is 0.250. The Balaban J connectivity index is 1.45. The molecular formula is C24H25N5O. The molecule has 0 aliphatic carbocycles. The van der Waals surface area contributed by atoms with Crippen LogP contribution < -0.4 is 10.7 Å². The highest BCUT2D eigenvalue weighted by Crippen LogP contribution is 2.31. The van der Waals surface area contributed by atoms with Gasteiger partial charge in [-0.3, -0.25) is 14.7 Å². The van der Waals surface area contributed by atoms with Crippen molar-refractivity contribution in [2.24, 2.45) is 4.99 Å². The smallest absolute Gasteiger partial charge is 0.243 e. The highest BCUT2D eigenvalue weighted by Gasteiger charge is 2.37. The van der Waals surface area contributed by atoms with Crippen molar-refractivity contribution in [1.82, 2.24) is 20.7 Å². The molecule has 0 saturated carbocycles. The van der Waals surface area contributed by atoms with Crippen LogP contribution in [0.2, 0.25) is 0 Å². The fourth-order valence-corrected chi connectivity index (χ4v) is 4.05. The number of benzene rings is 2. The standard InChI is InChI=1S/C24H25N5O/c1-16-21(15-28(16)2)26-24(30)20-14-23-25-19(17-9-5-3-6-10-17)13-22(29(23)27-20)18-11-7-4-8-12-18/h3-14,16,20-21,27H,15H2,1-2H3,(H,26,30). The molecule has 3 aliphatic rings. The van der Waals surface area contributed by atoms with Gasteiger partial charge >= 0.3 is 0 Å². The molecule has 0 bridgehead atoms. The minimum atomic E-state index is -0.455. The summed E-state index contributed by atoms with van der Waals surface area (Å²) in [5, 5.41) is 5.08. The third-order valence-electron chi connectivity index (χ3n) is 6.07. The van der Waals surface area contributed by atoms with Crippen molar-refractivity contribution in [3.63, 3.8) is 0 Å². The van der Waals surface area contributed by atoms with Crippen LogP contribution in [-0.4, -0.2) is 53.2 Å². The van der Waals surface area contributed by atoms with Crippen LogP contribution in [0, 0.1) is 0 Å². The summed E-state index contributed by atoms with van der Waals surface area (Å²) in [6.07, 6.45) is 3.97. The van der Waals surface area contributed by atoms with E-state index in [0.29, 0.717) is 6.04 Å². The first-order valence-corrected chi connectivity index (χ1v) is 10.3. The van der Waals surface area contributed by atoms with Gasteiger partial charge in [-0.1, -0.05) is 60.7 Å². The number of nitrogens with zero attached hydrogens (tertiary/aromatic N) is 3. The lowest BCUT2D eigenvalue weighted by Gasteiger charge is -2.44. The zero-order valence-electron chi connectivity index (χ0n) is 17.1. The normalized spacial score (nSPS) is 25.6. The third-order valence-corrected chi connectivity index (χ3v) is 6.07. The van der Waals surface area contributed by atoms with Crippen molar-refractivity contribution < 1.29 is 4.79 Å². The van der Waals surface area contributed by atoms with Crippen molar-refractivity contribution in [2.45, 2.75) is 25.0 Å². The molecule has 2 aromatic rings. The second kappa shape index (κ2) is 7.55. The predicted molar refractivity (Wildman–Crippen MR) is 118 cm³/mol. The first kappa shape index (κ1) is 18.8. The van der Waals surface area contributed by atoms with Gasteiger partial charge in [-0.15, -0.1) is 0 Å². The number of likely N-dealkylation sites (tertiary alicyclic amines) is 1. The molecule has 2 aromatic carbocycles. The molecule has 5 rings (SSSR count). The first-order chi connectivity index (χ1) is 14.6. The second-order valence-electron chi connectivity index (χ2n) is 8.02. The molecule has 0 spiro atoms. The van der Waals surface area contributed by atoms with Gasteiger partial charge in [-0.25, -0.2) is 10.4 Å². The molecular weight excluding hydrogens is 374 g/mol. The van der Waals surface area contributed by atoms with Crippen molar-refractivity contribution in [3.05, 3.63) is 89.8 Å². The molecule has 152 valence electrons. The van der Waals surface area contributed by atoms with Crippen LogP contribution in [0.3, 0.4) is 0 Å². The van der Waals surface area contributed by atoms with E-state index in [4.69, 9.17) is 4.99 Å². The number of rotatable bonds is 4. The average molecular weight is 399 g/mol. The Morgan fingerprint density at radius 1 is 1.07 bits per heavy atom. The van der Waals surface area contributed by atoms with Crippen molar-refractivity contribution >= 4 is 17.3 Å². The van der Waals surface area contributed by atoms with Crippen LogP contribution in [0.4, 0.5) is 0 Å². The Morgan fingerprint density at radius 3 is 2.37 bits per heavy atom. The summed E-state index contributed by atoms with van der Waals surface area (Å²) in [7, 11) is 2.07.